The lowest BCUT2D eigenvalue weighted by Crippen LogP contribution is -2.39. The molecule has 2 atom stereocenters. The minimum absolute atomic E-state index is 0.0117. The molecule has 0 aromatic heterocycles. The van der Waals surface area contributed by atoms with Crippen molar-refractivity contribution < 1.29 is 9.59 Å². The van der Waals surface area contributed by atoms with Crippen LogP contribution in [0.15, 0.2) is 0 Å². The Bertz CT molecular complexity index is 358. The Labute approximate surface area is 102 Å². The molecule has 1 spiro atoms. The number of nitrogens with two attached hydrogens (primary N) is 1. The van der Waals surface area contributed by atoms with E-state index in [0.717, 1.165) is 32.1 Å². The number of carbonyl (C=O) groups is 2. The number of likely N-dealkylation sites (tertiary alicyclic amines) is 1. The van der Waals surface area contributed by atoms with Crippen molar-refractivity contribution in [3.63, 3.8) is 0 Å². The Morgan fingerprint density at radius 2 is 1.71 bits per heavy atom. The maximum Gasteiger partial charge on any atom is 0.236 e. The molecule has 4 heteroatoms. The average Bonchev–Trinajstić information content (AvgIpc) is 2.98. The van der Waals surface area contributed by atoms with Crippen LogP contribution in [0.1, 0.15) is 51.4 Å². The molecular weight excluding hydrogens is 216 g/mol. The Hall–Kier alpha value is -0.900. The smallest absolute Gasteiger partial charge is 0.236 e. The molecule has 1 saturated heterocycles. The van der Waals surface area contributed by atoms with E-state index >= 15 is 0 Å². The minimum atomic E-state index is -0.351. The molecule has 0 aromatic carbocycles. The third-order valence-electron chi connectivity index (χ3n) is 4.63. The van der Waals surface area contributed by atoms with Gasteiger partial charge in [-0.3, -0.25) is 14.5 Å². The van der Waals surface area contributed by atoms with Crippen molar-refractivity contribution in [2.75, 3.05) is 0 Å². The highest BCUT2D eigenvalue weighted by atomic mass is 16.2. The molecule has 0 bridgehead atoms. The fourth-order valence-electron chi connectivity index (χ4n) is 3.45. The highest BCUT2D eigenvalue weighted by molar-refractivity contribution is 6.06. The molecule has 2 aliphatic carbocycles. The zero-order valence-electron chi connectivity index (χ0n) is 10.2. The van der Waals surface area contributed by atoms with Crippen molar-refractivity contribution in [1.82, 2.24) is 4.90 Å². The number of nitrogens with zero attached hydrogens (tertiary/aromatic N) is 1. The van der Waals surface area contributed by atoms with E-state index < -0.39 is 0 Å². The third-order valence-corrected chi connectivity index (χ3v) is 4.63. The van der Waals surface area contributed by atoms with Crippen LogP contribution in [0.5, 0.6) is 0 Å². The molecule has 2 amide bonds. The topological polar surface area (TPSA) is 63.4 Å². The number of hydrogen-bond donors (Lipinski definition) is 1. The van der Waals surface area contributed by atoms with Gasteiger partial charge in [0.1, 0.15) is 0 Å². The van der Waals surface area contributed by atoms with E-state index in [1.807, 2.05) is 0 Å². The van der Waals surface area contributed by atoms with Crippen molar-refractivity contribution >= 4 is 11.8 Å². The van der Waals surface area contributed by atoms with Crippen LogP contribution in [0.4, 0.5) is 0 Å². The number of hydrogen-bond acceptors (Lipinski definition) is 3. The largest absolute Gasteiger partial charge is 0.326 e. The van der Waals surface area contributed by atoms with Gasteiger partial charge in [-0.15, -0.1) is 0 Å². The van der Waals surface area contributed by atoms with E-state index in [9.17, 15) is 9.59 Å². The summed E-state index contributed by atoms with van der Waals surface area (Å²) in [6.07, 6.45) is 7.61. The minimum Gasteiger partial charge on any atom is -0.326 e. The van der Waals surface area contributed by atoms with Crippen molar-refractivity contribution in [2.24, 2.45) is 11.1 Å². The van der Waals surface area contributed by atoms with Crippen LogP contribution in [0, 0.1) is 5.41 Å². The molecule has 3 rings (SSSR count). The molecule has 94 valence electrons. The summed E-state index contributed by atoms with van der Waals surface area (Å²) in [5.41, 5.74) is 5.42. The van der Waals surface area contributed by atoms with E-state index in [4.69, 9.17) is 5.73 Å². The molecule has 3 aliphatic rings. The Morgan fingerprint density at radius 1 is 1.12 bits per heavy atom. The van der Waals surface area contributed by atoms with Gasteiger partial charge in [0, 0.05) is 12.5 Å². The second-order valence-electron chi connectivity index (χ2n) is 5.91. The molecule has 1 heterocycles. The fraction of sp³-hybridized carbons (Fsp3) is 0.846. The van der Waals surface area contributed by atoms with E-state index in [-0.39, 0.29) is 29.3 Å². The van der Waals surface area contributed by atoms with Gasteiger partial charge in [-0.2, -0.15) is 0 Å². The number of rotatable bonds is 1. The van der Waals surface area contributed by atoms with Gasteiger partial charge in [0.2, 0.25) is 11.8 Å². The monoisotopic (exact) mass is 236 g/mol. The van der Waals surface area contributed by atoms with Crippen LogP contribution in [-0.2, 0) is 9.59 Å². The highest BCUT2D eigenvalue weighted by Gasteiger charge is 2.56. The molecule has 17 heavy (non-hydrogen) atoms. The third kappa shape index (κ3) is 1.69. The van der Waals surface area contributed by atoms with E-state index in [0.29, 0.717) is 6.42 Å². The normalized spacial score (nSPS) is 36.4. The predicted octanol–water partition coefficient (Wildman–Crippen LogP) is 1.19. The van der Waals surface area contributed by atoms with Crippen LogP contribution in [0.3, 0.4) is 0 Å². The first-order valence-corrected chi connectivity index (χ1v) is 6.76. The number of carbonyl (C=O) groups excluding carboxylic acids is 2. The maximum absolute atomic E-state index is 12.5. The maximum atomic E-state index is 12.5. The predicted molar refractivity (Wildman–Crippen MR) is 63.0 cm³/mol. The van der Waals surface area contributed by atoms with Gasteiger partial charge in [0.25, 0.3) is 0 Å². The van der Waals surface area contributed by atoms with E-state index in [2.05, 4.69) is 0 Å². The Kier molecular flexibility index (Phi) is 2.51. The summed E-state index contributed by atoms with van der Waals surface area (Å²) in [4.78, 5) is 26.1. The first-order chi connectivity index (χ1) is 8.14. The lowest BCUT2D eigenvalue weighted by molar-refractivity contribution is -0.142. The van der Waals surface area contributed by atoms with Gasteiger partial charge in [-0.1, -0.05) is 25.7 Å². The number of amides is 2. The second-order valence-corrected chi connectivity index (χ2v) is 5.91. The van der Waals surface area contributed by atoms with E-state index in [1.54, 1.807) is 0 Å². The molecule has 2 saturated carbocycles. The van der Waals surface area contributed by atoms with Gasteiger partial charge in [0.05, 0.1) is 11.5 Å². The standard InChI is InChI=1S/C13H20N2O2/c14-9-7-10(9)15-11(16)8-13(12(15)17)5-3-1-2-4-6-13/h9-10H,1-8,14H2. The summed E-state index contributed by atoms with van der Waals surface area (Å²) in [5, 5.41) is 0. The fourth-order valence-corrected chi connectivity index (χ4v) is 3.45. The molecule has 0 radical (unpaired) electrons. The number of imide groups is 1. The summed E-state index contributed by atoms with van der Waals surface area (Å²) in [6.45, 7) is 0. The SMILES string of the molecule is NC1CC1N1C(=O)CC2(CCCCCC2)C1=O. The van der Waals surface area contributed by atoms with Crippen LogP contribution in [0.2, 0.25) is 0 Å². The summed E-state index contributed by atoms with van der Waals surface area (Å²) in [7, 11) is 0. The summed E-state index contributed by atoms with van der Waals surface area (Å²) in [5.74, 6) is 0.109. The van der Waals surface area contributed by atoms with Crippen molar-refractivity contribution in [1.29, 1.82) is 0 Å². The van der Waals surface area contributed by atoms with Gasteiger partial charge >= 0.3 is 0 Å². The molecule has 1 aliphatic heterocycles. The first-order valence-electron chi connectivity index (χ1n) is 6.76. The van der Waals surface area contributed by atoms with Gasteiger partial charge in [-0.25, -0.2) is 0 Å². The van der Waals surface area contributed by atoms with Crippen LogP contribution >= 0.6 is 0 Å². The van der Waals surface area contributed by atoms with Crippen molar-refractivity contribution in [2.45, 2.75) is 63.5 Å². The van der Waals surface area contributed by atoms with Crippen LogP contribution in [-0.4, -0.2) is 28.8 Å². The van der Waals surface area contributed by atoms with Gasteiger partial charge in [0.15, 0.2) is 0 Å². The van der Waals surface area contributed by atoms with Crippen LogP contribution < -0.4 is 5.73 Å². The zero-order chi connectivity index (χ0) is 12.0. The Balaban J connectivity index is 1.83. The van der Waals surface area contributed by atoms with Crippen molar-refractivity contribution in [3.8, 4) is 0 Å². The first kappa shape index (κ1) is 11.2. The lowest BCUT2D eigenvalue weighted by Gasteiger charge is -2.25. The molecule has 4 nitrogen and oxygen atoms in total. The zero-order valence-corrected chi connectivity index (χ0v) is 10.2. The average molecular weight is 236 g/mol. The van der Waals surface area contributed by atoms with E-state index in [1.165, 1.54) is 17.7 Å². The summed E-state index contributed by atoms with van der Waals surface area (Å²) in [6, 6.07) is 0.0430. The molecule has 2 N–H and O–H groups in total. The quantitative estimate of drug-likeness (QED) is 0.695. The Morgan fingerprint density at radius 3 is 2.24 bits per heavy atom. The van der Waals surface area contributed by atoms with Gasteiger partial charge < -0.3 is 5.73 Å². The van der Waals surface area contributed by atoms with Crippen molar-refractivity contribution in [3.05, 3.63) is 0 Å². The summed E-state index contributed by atoms with van der Waals surface area (Å²) >= 11 is 0. The highest BCUT2D eigenvalue weighted by Crippen LogP contribution is 2.47. The molecular formula is C13H20N2O2. The molecule has 0 aromatic rings. The lowest BCUT2D eigenvalue weighted by atomic mass is 9.79. The van der Waals surface area contributed by atoms with Crippen LogP contribution in [0.25, 0.3) is 0 Å². The van der Waals surface area contributed by atoms with Gasteiger partial charge in [-0.05, 0) is 19.3 Å². The summed E-state index contributed by atoms with van der Waals surface area (Å²) < 4.78 is 0. The molecule has 3 fully saturated rings. The second kappa shape index (κ2) is 3.80. The molecule has 2 unspecified atom stereocenters.